The van der Waals surface area contributed by atoms with Crippen molar-refractivity contribution in [2.24, 2.45) is 10.6 Å². The van der Waals surface area contributed by atoms with Gasteiger partial charge in [0.2, 0.25) is 0 Å². The fraction of sp³-hybridized carbons (Fsp3) is 0.348. The van der Waals surface area contributed by atoms with Gasteiger partial charge >= 0.3 is 0 Å². The number of nitrogens with zero attached hydrogens (tertiary/aromatic N) is 2. The van der Waals surface area contributed by atoms with E-state index in [4.69, 9.17) is 37.5 Å². The molecule has 2 aromatic rings. The first-order valence-electron chi connectivity index (χ1n) is 9.52. The lowest BCUT2D eigenvalue weighted by Crippen LogP contribution is -2.33. The lowest BCUT2D eigenvalue weighted by molar-refractivity contribution is 0.208. The van der Waals surface area contributed by atoms with Crippen molar-refractivity contribution < 1.29 is 14.3 Å². The minimum atomic E-state index is -0.0737. The summed E-state index contributed by atoms with van der Waals surface area (Å²) in [7, 11) is 3.60. The van der Waals surface area contributed by atoms with Crippen molar-refractivity contribution in [2.75, 3.05) is 32.2 Å². The first-order chi connectivity index (χ1) is 14.2. The molecule has 0 saturated carbocycles. The van der Waals surface area contributed by atoms with Gasteiger partial charge in [0.15, 0.2) is 0 Å². The van der Waals surface area contributed by atoms with Crippen LogP contribution in [0.5, 0.6) is 17.2 Å². The third kappa shape index (κ3) is 7.81. The Labute approximate surface area is 188 Å². The summed E-state index contributed by atoms with van der Waals surface area (Å²) in [6, 6.07) is 15.3. The van der Waals surface area contributed by atoms with Gasteiger partial charge in [0, 0.05) is 18.2 Å². The molecule has 0 atom stereocenters. The van der Waals surface area contributed by atoms with Crippen LogP contribution in [0.2, 0.25) is 0 Å². The third-order valence-corrected chi connectivity index (χ3v) is 4.59. The van der Waals surface area contributed by atoms with Gasteiger partial charge in [-0.25, -0.2) is 0 Å². The summed E-state index contributed by atoms with van der Waals surface area (Å²) in [4.78, 5) is 7.14. The maximum atomic E-state index is 5.91. The quantitative estimate of drug-likeness (QED) is 0.316. The molecule has 0 amide bonds. The standard InChI is InChI=1S/C23H28Cl2N2O3/c1-23(2,3)21(26-28-5)16-27(4)17-6-8-19(9-7-17)30-20-12-10-18(11-13-20)29-15-14-22(24)25/h6-14H,15-16H2,1-5H3. The highest BCUT2D eigenvalue weighted by Gasteiger charge is 2.21. The van der Waals surface area contributed by atoms with Crippen molar-refractivity contribution in [1.82, 2.24) is 0 Å². The topological polar surface area (TPSA) is 43.3 Å². The zero-order chi connectivity index (χ0) is 22.1. The monoisotopic (exact) mass is 450 g/mol. The SMILES string of the molecule is CON=C(CN(C)c1ccc(Oc2ccc(OCC=C(Cl)Cl)cc2)cc1)C(C)(C)C. The van der Waals surface area contributed by atoms with Gasteiger partial charge in [-0.3, -0.25) is 0 Å². The van der Waals surface area contributed by atoms with E-state index in [9.17, 15) is 0 Å². The summed E-state index contributed by atoms with van der Waals surface area (Å²) in [6.07, 6.45) is 1.58. The number of rotatable bonds is 9. The zero-order valence-electron chi connectivity index (χ0n) is 18.0. The van der Waals surface area contributed by atoms with E-state index in [2.05, 4.69) is 30.8 Å². The van der Waals surface area contributed by atoms with Crippen molar-refractivity contribution in [3.63, 3.8) is 0 Å². The van der Waals surface area contributed by atoms with Crippen LogP contribution in [-0.2, 0) is 4.84 Å². The number of benzene rings is 2. The molecule has 0 fully saturated rings. The summed E-state index contributed by atoms with van der Waals surface area (Å²) >= 11 is 11.1. The van der Waals surface area contributed by atoms with E-state index in [0.29, 0.717) is 18.9 Å². The average Bonchev–Trinajstić information content (AvgIpc) is 2.68. The molecule has 0 aromatic heterocycles. The van der Waals surface area contributed by atoms with Gasteiger partial charge < -0.3 is 19.2 Å². The van der Waals surface area contributed by atoms with E-state index in [-0.39, 0.29) is 9.91 Å². The molecule has 0 spiro atoms. The van der Waals surface area contributed by atoms with E-state index in [1.165, 1.54) is 0 Å². The Bertz CT molecular complexity index is 854. The molecule has 30 heavy (non-hydrogen) atoms. The normalized spacial score (nSPS) is 11.6. The number of ether oxygens (including phenoxy) is 2. The molecule has 162 valence electrons. The molecule has 2 aromatic carbocycles. The van der Waals surface area contributed by atoms with Gasteiger partial charge in [-0.15, -0.1) is 0 Å². The van der Waals surface area contributed by atoms with Crippen LogP contribution in [0.15, 0.2) is 64.3 Å². The maximum absolute atomic E-state index is 5.91. The first-order valence-corrected chi connectivity index (χ1v) is 10.3. The van der Waals surface area contributed by atoms with Gasteiger partial charge in [-0.2, -0.15) is 0 Å². The largest absolute Gasteiger partial charge is 0.489 e. The Kier molecular flexibility index (Phi) is 8.88. The van der Waals surface area contributed by atoms with Crippen molar-refractivity contribution in [3.05, 3.63) is 59.1 Å². The van der Waals surface area contributed by atoms with Gasteiger partial charge in [-0.05, 0) is 54.6 Å². The number of hydrogen-bond acceptors (Lipinski definition) is 5. The predicted octanol–water partition coefficient (Wildman–Crippen LogP) is 6.66. The van der Waals surface area contributed by atoms with E-state index < -0.39 is 0 Å². The highest BCUT2D eigenvalue weighted by molar-refractivity contribution is 6.55. The lowest BCUT2D eigenvalue weighted by Gasteiger charge is -2.26. The second-order valence-corrected chi connectivity index (χ2v) is 8.71. The molecular weight excluding hydrogens is 423 g/mol. The van der Waals surface area contributed by atoms with Crippen molar-refractivity contribution in [1.29, 1.82) is 0 Å². The van der Waals surface area contributed by atoms with Crippen molar-refractivity contribution in [2.45, 2.75) is 20.8 Å². The van der Waals surface area contributed by atoms with E-state index in [1.807, 2.05) is 55.6 Å². The molecule has 0 unspecified atom stereocenters. The fourth-order valence-electron chi connectivity index (χ4n) is 2.54. The van der Waals surface area contributed by atoms with Crippen LogP contribution >= 0.6 is 23.2 Å². The fourth-order valence-corrected chi connectivity index (χ4v) is 2.66. The van der Waals surface area contributed by atoms with Crippen LogP contribution in [0.3, 0.4) is 0 Å². The molecule has 0 aliphatic carbocycles. The van der Waals surface area contributed by atoms with Crippen molar-refractivity contribution in [3.8, 4) is 17.2 Å². The lowest BCUT2D eigenvalue weighted by atomic mass is 9.89. The van der Waals surface area contributed by atoms with Crippen LogP contribution in [-0.4, -0.2) is 33.0 Å². The molecule has 7 heteroatoms. The third-order valence-electron chi connectivity index (χ3n) is 4.28. The Morgan fingerprint density at radius 2 is 1.50 bits per heavy atom. The Hall–Kier alpha value is -2.37. The minimum absolute atomic E-state index is 0.0737. The summed E-state index contributed by atoms with van der Waals surface area (Å²) in [5, 5.41) is 4.19. The summed E-state index contributed by atoms with van der Waals surface area (Å²) in [5.41, 5.74) is 1.96. The molecule has 2 rings (SSSR count). The van der Waals surface area contributed by atoms with Gasteiger partial charge in [0.1, 0.15) is 35.5 Å². The second-order valence-electron chi connectivity index (χ2n) is 7.70. The Morgan fingerprint density at radius 1 is 0.967 bits per heavy atom. The molecule has 0 radical (unpaired) electrons. The molecule has 0 saturated heterocycles. The van der Waals surface area contributed by atoms with Crippen LogP contribution in [0, 0.1) is 5.41 Å². The van der Waals surface area contributed by atoms with Gasteiger partial charge in [-0.1, -0.05) is 49.1 Å². The molecule has 5 nitrogen and oxygen atoms in total. The molecule has 0 bridgehead atoms. The van der Waals surface area contributed by atoms with Crippen molar-refractivity contribution >= 4 is 34.6 Å². The Balaban J connectivity index is 1.97. The smallest absolute Gasteiger partial charge is 0.127 e. The highest BCUT2D eigenvalue weighted by atomic mass is 35.5. The highest BCUT2D eigenvalue weighted by Crippen LogP contribution is 2.27. The van der Waals surface area contributed by atoms with Gasteiger partial charge in [0.25, 0.3) is 0 Å². The average molecular weight is 451 g/mol. The number of anilines is 1. The zero-order valence-corrected chi connectivity index (χ0v) is 19.5. The van der Waals surface area contributed by atoms with Crippen LogP contribution in [0.4, 0.5) is 5.69 Å². The molecule has 0 aliphatic rings. The van der Waals surface area contributed by atoms with Crippen LogP contribution in [0.1, 0.15) is 20.8 Å². The summed E-state index contributed by atoms with van der Waals surface area (Å²) < 4.78 is 11.6. The molecule has 0 aliphatic heterocycles. The van der Waals surface area contributed by atoms with Crippen LogP contribution < -0.4 is 14.4 Å². The predicted molar refractivity (Wildman–Crippen MR) is 125 cm³/mol. The summed E-state index contributed by atoms with van der Waals surface area (Å²) in [6.45, 7) is 7.34. The molecular formula is C23H28Cl2N2O3. The molecule has 0 N–H and O–H groups in total. The maximum Gasteiger partial charge on any atom is 0.127 e. The van der Waals surface area contributed by atoms with Gasteiger partial charge in [0.05, 0.1) is 12.3 Å². The summed E-state index contributed by atoms with van der Waals surface area (Å²) in [5.74, 6) is 2.17. The minimum Gasteiger partial charge on any atom is -0.489 e. The van der Waals surface area contributed by atoms with E-state index >= 15 is 0 Å². The number of hydrogen-bond donors (Lipinski definition) is 0. The first kappa shape index (κ1) is 23.9. The van der Waals surface area contributed by atoms with E-state index in [0.717, 1.165) is 22.9 Å². The Morgan fingerprint density at radius 3 is 2.00 bits per heavy atom. The number of oxime groups is 1. The van der Waals surface area contributed by atoms with E-state index in [1.54, 1.807) is 13.2 Å². The molecule has 0 heterocycles. The van der Waals surface area contributed by atoms with Crippen LogP contribution in [0.25, 0.3) is 0 Å². The second kappa shape index (κ2) is 11.1. The number of halogens is 2.